The summed E-state index contributed by atoms with van der Waals surface area (Å²) < 4.78 is 17.5. The van der Waals surface area contributed by atoms with Crippen molar-refractivity contribution in [2.75, 3.05) is 13.7 Å². The highest BCUT2D eigenvalue weighted by Gasteiger charge is 2.58. The molecule has 1 aliphatic heterocycles. The van der Waals surface area contributed by atoms with Gasteiger partial charge in [0.2, 0.25) is 0 Å². The fraction of sp³-hybridized carbons (Fsp3) is 0.923. The molecular weight excluding hydrogens is 229 g/mol. The van der Waals surface area contributed by atoms with Gasteiger partial charge in [0.05, 0.1) is 23.6 Å². The van der Waals surface area contributed by atoms with E-state index in [1.165, 1.54) is 0 Å². The van der Waals surface area contributed by atoms with E-state index in [1.54, 1.807) is 7.11 Å². The maximum Gasteiger partial charge on any atom is 0.473 e. The molecule has 1 aliphatic rings. The summed E-state index contributed by atoms with van der Waals surface area (Å²) in [6.45, 7) is 14.9. The maximum atomic E-state index is 6.07. The molecular formula is C13H26BNO3. The maximum absolute atomic E-state index is 6.07. The number of nitrogens with zero attached hydrogens (tertiary/aromatic N) is 1. The fourth-order valence-electron chi connectivity index (χ4n) is 1.91. The number of ether oxygens (including phenoxy) is 1. The normalized spacial score (nSPS) is 23.3. The summed E-state index contributed by atoms with van der Waals surface area (Å²) in [5.41, 5.74) is -0.667. The van der Waals surface area contributed by atoms with Crippen molar-refractivity contribution < 1.29 is 14.0 Å². The lowest BCUT2D eigenvalue weighted by Crippen LogP contribution is -2.41. The summed E-state index contributed by atoms with van der Waals surface area (Å²) in [7, 11) is 1.29. The van der Waals surface area contributed by atoms with Gasteiger partial charge in [0.1, 0.15) is 0 Å². The van der Waals surface area contributed by atoms with E-state index < -0.39 is 5.31 Å². The van der Waals surface area contributed by atoms with Gasteiger partial charge in [0.15, 0.2) is 5.90 Å². The molecule has 5 heteroatoms. The molecule has 1 rings (SSSR count). The van der Waals surface area contributed by atoms with E-state index in [9.17, 15) is 0 Å². The molecule has 1 fully saturated rings. The van der Waals surface area contributed by atoms with Gasteiger partial charge in [-0.05, 0) is 34.6 Å². The van der Waals surface area contributed by atoms with Crippen LogP contribution in [0, 0.1) is 0 Å². The molecule has 4 nitrogen and oxygen atoms in total. The molecule has 0 aromatic carbocycles. The summed E-state index contributed by atoms with van der Waals surface area (Å²) in [4.78, 5) is 4.39. The number of aliphatic imine (C=N–C) groups is 1. The Balaban J connectivity index is 2.99. The quantitative estimate of drug-likeness (QED) is 0.442. The second-order valence-electron chi connectivity index (χ2n) is 6.29. The van der Waals surface area contributed by atoms with E-state index in [0.29, 0.717) is 12.4 Å². The molecule has 0 spiro atoms. The summed E-state index contributed by atoms with van der Waals surface area (Å²) in [6, 6.07) is 0. The summed E-state index contributed by atoms with van der Waals surface area (Å²) >= 11 is 0. The third kappa shape index (κ3) is 2.57. The molecule has 0 aromatic heterocycles. The lowest BCUT2D eigenvalue weighted by molar-refractivity contribution is 0.00578. The van der Waals surface area contributed by atoms with Crippen LogP contribution < -0.4 is 0 Å². The van der Waals surface area contributed by atoms with Crippen molar-refractivity contribution in [3.8, 4) is 0 Å². The van der Waals surface area contributed by atoms with E-state index in [-0.39, 0.29) is 18.3 Å². The van der Waals surface area contributed by atoms with Crippen LogP contribution in [-0.4, -0.2) is 37.9 Å². The Morgan fingerprint density at radius 3 is 1.94 bits per heavy atom. The zero-order valence-corrected chi connectivity index (χ0v) is 13.0. The first kappa shape index (κ1) is 15.5. The summed E-state index contributed by atoms with van der Waals surface area (Å²) in [6.07, 6.45) is 0. The lowest BCUT2D eigenvalue weighted by atomic mass is 9.59. The van der Waals surface area contributed by atoms with Crippen LogP contribution in [0.15, 0.2) is 4.99 Å². The third-order valence-electron chi connectivity index (χ3n) is 3.89. The van der Waals surface area contributed by atoms with Crippen LogP contribution in [0.1, 0.15) is 48.5 Å². The van der Waals surface area contributed by atoms with Crippen LogP contribution in [0.25, 0.3) is 0 Å². The summed E-state index contributed by atoms with van der Waals surface area (Å²) in [5, 5.41) is -0.407. The van der Waals surface area contributed by atoms with E-state index in [0.717, 1.165) is 0 Å². The molecule has 0 radical (unpaired) electrons. The first-order valence-corrected chi connectivity index (χ1v) is 6.53. The van der Waals surface area contributed by atoms with E-state index in [4.69, 9.17) is 14.0 Å². The predicted octanol–water partition coefficient (Wildman–Crippen LogP) is 2.92. The Hall–Kier alpha value is -0.545. The highest BCUT2D eigenvalue weighted by molar-refractivity contribution is 6.55. The molecule has 0 N–H and O–H groups in total. The number of hydrogen-bond acceptors (Lipinski definition) is 4. The number of hydrogen-bond donors (Lipinski definition) is 0. The Labute approximate surface area is 111 Å². The number of methoxy groups -OCH3 is 1. The minimum absolute atomic E-state index is 0.333. The summed E-state index contributed by atoms with van der Waals surface area (Å²) in [5.74, 6) is 0.670. The van der Waals surface area contributed by atoms with Crippen LogP contribution in [-0.2, 0) is 14.0 Å². The van der Waals surface area contributed by atoms with Crippen molar-refractivity contribution in [3.63, 3.8) is 0 Å². The molecule has 0 aliphatic carbocycles. The van der Waals surface area contributed by atoms with Gasteiger partial charge in [-0.15, -0.1) is 0 Å². The van der Waals surface area contributed by atoms with Gasteiger partial charge in [-0.1, -0.05) is 13.8 Å². The van der Waals surface area contributed by atoms with Crippen LogP contribution in [0.5, 0.6) is 0 Å². The highest BCUT2D eigenvalue weighted by Crippen LogP contribution is 2.45. The largest absolute Gasteiger partial charge is 0.484 e. The first-order valence-electron chi connectivity index (χ1n) is 6.53. The lowest BCUT2D eigenvalue weighted by Gasteiger charge is -2.32. The zero-order valence-electron chi connectivity index (χ0n) is 13.0. The van der Waals surface area contributed by atoms with Crippen LogP contribution in [0.2, 0.25) is 5.31 Å². The van der Waals surface area contributed by atoms with E-state index >= 15 is 0 Å². The van der Waals surface area contributed by atoms with Crippen molar-refractivity contribution in [1.82, 2.24) is 0 Å². The Bertz CT molecular complexity index is 321. The molecule has 0 saturated carbocycles. The van der Waals surface area contributed by atoms with Crippen molar-refractivity contribution in [1.29, 1.82) is 0 Å². The predicted molar refractivity (Wildman–Crippen MR) is 75.1 cm³/mol. The van der Waals surface area contributed by atoms with Gasteiger partial charge in [-0.3, -0.25) is 4.99 Å². The van der Waals surface area contributed by atoms with Gasteiger partial charge in [-0.25, -0.2) is 0 Å². The smallest absolute Gasteiger partial charge is 0.473 e. The van der Waals surface area contributed by atoms with Crippen molar-refractivity contribution in [2.45, 2.75) is 65.0 Å². The van der Waals surface area contributed by atoms with Crippen molar-refractivity contribution in [2.24, 2.45) is 4.99 Å². The van der Waals surface area contributed by atoms with Gasteiger partial charge >= 0.3 is 7.12 Å². The molecule has 0 bridgehead atoms. The molecule has 18 heavy (non-hydrogen) atoms. The van der Waals surface area contributed by atoms with E-state index in [2.05, 4.69) is 4.99 Å². The third-order valence-corrected chi connectivity index (χ3v) is 3.89. The fourth-order valence-corrected chi connectivity index (χ4v) is 1.91. The highest BCUT2D eigenvalue weighted by atomic mass is 16.7. The molecule has 104 valence electrons. The Kier molecular flexibility index (Phi) is 4.18. The first-order chi connectivity index (χ1) is 8.08. The van der Waals surface area contributed by atoms with Crippen LogP contribution in [0.4, 0.5) is 0 Å². The topological polar surface area (TPSA) is 40.0 Å². The van der Waals surface area contributed by atoms with E-state index in [1.807, 2.05) is 48.5 Å². The minimum atomic E-state index is -0.407. The molecule has 0 unspecified atom stereocenters. The SMILES string of the molecule is CC/N=C(/OC)C(C)(C)B1OC(C)(C)C(C)(C)O1. The van der Waals surface area contributed by atoms with Gasteiger partial charge in [0.25, 0.3) is 0 Å². The average Bonchev–Trinajstić information content (AvgIpc) is 2.45. The Morgan fingerprint density at radius 1 is 1.17 bits per heavy atom. The minimum Gasteiger partial charge on any atom is -0.484 e. The second-order valence-corrected chi connectivity index (χ2v) is 6.29. The van der Waals surface area contributed by atoms with Gasteiger partial charge in [-0.2, -0.15) is 0 Å². The van der Waals surface area contributed by atoms with Crippen molar-refractivity contribution in [3.05, 3.63) is 0 Å². The van der Waals surface area contributed by atoms with Crippen LogP contribution in [0.3, 0.4) is 0 Å². The van der Waals surface area contributed by atoms with Crippen LogP contribution >= 0.6 is 0 Å². The molecule has 0 amide bonds. The standard InChI is InChI=1S/C13H26BNO3/c1-9-15-10(16-8)11(2,3)14-17-12(4,5)13(6,7)18-14/h9H2,1-8H3/b15-10+. The molecule has 0 atom stereocenters. The molecule has 1 heterocycles. The Morgan fingerprint density at radius 2 is 1.61 bits per heavy atom. The molecule has 0 aromatic rings. The van der Waals surface area contributed by atoms with Gasteiger partial charge in [0, 0.05) is 6.54 Å². The zero-order chi connectivity index (χ0) is 14.2. The average molecular weight is 255 g/mol. The number of rotatable bonds is 3. The van der Waals surface area contributed by atoms with Crippen molar-refractivity contribution >= 4 is 13.0 Å². The second kappa shape index (κ2) is 4.85. The van der Waals surface area contributed by atoms with Gasteiger partial charge < -0.3 is 14.0 Å². The molecule has 1 saturated heterocycles. The monoisotopic (exact) mass is 255 g/mol.